The molecule has 2 aliphatic carbocycles. The summed E-state index contributed by atoms with van der Waals surface area (Å²) >= 11 is 6.25. The Morgan fingerprint density at radius 1 is 1.16 bits per heavy atom. The molecule has 4 N–H and O–H groups in total. The number of nitrogens with zero attached hydrogens (tertiary/aromatic N) is 4. The van der Waals surface area contributed by atoms with Crippen molar-refractivity contribution in [1.29, 1.82) is 0 Å². The summed E-state index contributed by atoms with van der Waals surface area (Å²) in [6, 6.07) is 4.96. The molecule has 2 aromatic heterocycles. The first kappa shape index (κ1) is 20.9. The molecule has 0 spiro atoms. The number of halogens is 2. The van der Waals surface area contributed by atoms with Crippen molar-refractivity contribution in [2.24, 2.45) is 11.7 Å². The Kier molecular flexibility index (Phi) is 5.58. The molecule has 32 heavy (non-hydrogen) atoms. The molecule has 10 heteroatoms. The molecular weight excluding hydrogens is 433 g/mol. The Morgan fingerprint density at radius 3 is 2.59 bits per heavy atom. The quantitative estimate of drug-likeness (QED) is 0.501. The molecule has 1 amide bonds. The van der Waals surface area contributed by atoms with Gasteiger partial charge in [-0.05, 0) is 57.1 Å². The van der Waals surface area contributed by atoms with E-state index in [4.69, 9.17) is 22.3 Å². The molecule has 168 valence electrons. The van der Waals surface area contributed by atoms with E-state index in [-0.39, 0.29) is 28.6 Å². The van der Waals surface area contributed by atoms with Gasteiger partial charge in [0, 0.05) is 18.0 Å². The average molecular weight is 458 g/mol. The van der Waals surface area contributed by atoms with Crippen LogP contribution < -0.4 is 16.4 Å². The minimum atomic E-state index is -0.466. The molecular formula is C22H25ClFN7O. The third-order valence-corrected chi connectivity index (χ3v) is 6.85. The number of hydrogen-bond donors (Lipinski definition) is 3. The topological polar surface area (TPSA) is 111 Å². The largest absolute Gasteiger partial charge is 0.369 e. The van der Waals surface area contributed by atoms with E-state index in [1.54, 1.807) is 18.3 Å². The number of anilines is 3. The summed E-state index contributed by atoms with van der Waals surface area (Å²) in [6.07, 6.45) is 7.98. The maximum Gasteiger partial charge on any atom is 0.224 e. The van der Waals surface area contributed by atoms with Gasteiger partial charge in [-0.3, -0.25) is 9.36 Å². The molecule has 0 aliphatic heterocycles. The molecule has 2 fully saturated rings. The van der Waals surface area contributed by atoms with E-state index in [2.05, 4.69) is 20.6 Å². The summed E-state index contributed by atoms with van der Waals surface area (Å²) in [5, 5.41) is 6.71. The highest BCUT2D eigenvalue weighted by Crippen LogP contribution is 2.38. The molecule has 1 aromatic carbocycles. The van der Waals surface area contributed by atoms with Crippen LogP contribution in [0.3, 0.4) is 0 Å². The van der Waals surface area contributed by atoms with E-state index < -0.39 is 5.82 Å². The standard InChI is InChI=1S/C22H25ClFN7O/c23-15-5-2-6-16(24)18(15)29-22-28-17-11-26-21(27-13-3-1-4-13)30-20(17)31(22)14-9-7-12(8-10-14)19(25)32/h2,5-6,11-14H,1,3-4,7-10H2,(H2,25,32)(H,28,29)(H,26,27,30). The fraction of sp³-hybridized carbons (Fsp3) is 0.455. The van der Waals surface area contributed by atoms with E-state index in [1.165, 1.54) is 12.5 Å². The van der Waals surface area contributed by atoms with Crippen LogP contribution >= 0.6 is 11.6 Å². The number of carbonyl (C=O) groups excluding carboxylic acids is 1. The molecule has 0 bridgehead atoms. The first-order valence-corrected chi connectivity index (χ1v) is 11.4. The third-order valence-electron chi connectivity index (χ3n) is 6.53. The molecule has 0 saturated heterocycles. The maximum atomic E-state index is 14.5. The normalized spacial score (nSPS) is 21.3. The number of nitrogens with two attached hydrogens (primary N) is 1. The van der Waals surface area contributed by atoms with Crippen molar-refractivity contribution >= 4 is 46.3 Å². The van der Waals surface area contributed by atoms with Crippen molar-refractivity contribution in [1.82, 2.24) is 19.5 Å². The highest BCUT2D eigenvalue weighted by Gasteiger charge is 2.29. The van der Waals surface area contributed by atoms with Crippen molar-refractivity contribution < 1.29 is 9.18 Å². The van der Waals surface area contributed by atoms with E-state index >= 15 is 0 Å². The lowest BCUT2D eigenvalue weighted by atomic mass is 9.85. The number of nitrogens with one attached hydrogen (secondary N) is 2. The SMILES string of the molecule is NC(=O)C1CCC(n2c(Nc3c(F)cccc3Cl)nc3cnc(NC4CCC4)nc32)CC1. The monoisotopic (exact) mass is 457 g/mol. The van der Waals surface area contributed by atoms with Gasteiger partial charge in [-0.2, -0.15) is 4.98 Å². The van der Waals surface area contributed by atoms with Crippen LogP contribution in [0.4, 0.5) is 22.0 Å². The Bertz CT molecular complexity index is 1130. The van der Waals surface area contributed by atoms with Gasteiger partial charge in [0.1, 0.15) is 11.3 Å². The minimum absolute atomic E-state index is 0.0371. The number of carbonyl (C=O) groups is 1. The number of imidazole rings is 1. The lowest BCUT2D eigenvalue weighted by molar-refractivity contribution is -0.122. The third kappa shape index (κ3) is 3.97. The van der Waals surface area contributed by atoms with Crippen LogP contribution in [0.1, 0.15) is 51.0 Å². The Hall–Kier alpha value is -2.94. The second-order valence-corrected chi connectivity index (χ2v) is 9.02. The summed E-state index contributed by atoms with van der Waals surface area (Å²) in [5.41, 5.74) is 6.95. The fourth-order valence-corrected chi connectivity index (χ4v) is 4.69. The molecule has 0 radical (unpaired) electrons. The fourth-order valence-electron chi connectivity index (χ4n) is 4.48. The van der Waals surface area contributed by atoms with Crippen LogP contribution in [0, 0.1) is 11.7 Å². The predicted octanol–water partition coefficient (Wildman–Crippen LogP) is 4.54. The number of para-hydroxylation sites is 1. The van der Waals surface area contributed by atoms with E-state index in [9.17, 15) is 9.18 Å². The number of amides is 1. The Morgan fingerprint density at radius 2 is 1.94 bits per heavy atom. The Balaban J connectivity index is 1.54. The second kappa shape index (κ2) is 8.54. The predicted molar refractivity (Wildman–Crippen MR) is 121 cm³/mol. The molecule has 8 nitrogen and oxygen atoms in total. The highest BCUT2D eigenvalue weighted by atomic mass is 35.5. The van der Waals surface area contributed by atoms with Crippen LogP contribution in [0.25, 0.3) is 11.2 Å². The first-order valence-electron chi connectivity index (χ1n) is 11.0. The van der Waals surface area contributed by atoms with E-state index in [1.807, 2.05) is 4.57 Å². The van der Waals surface area contributed by atoms with Gasteiger partial charge in [0.05, 0.1) is 16.9 Å². The van der Waals surface area contributed by atoms with Crippen molar-refractivity contribution in [2.45, 2.75) is 57.0 Å². The van der Waals surface area contributed by atoms with Crippen LogP contribution in [-0.2, 0) is 4.79 Å². The van der Waals surface area contributed by atoms with Gasteiger partial charge in [0.15, 0.2) is 5.65 Å². The van der Waals surface area contributed by atoms with Crippen LogP contribution in [0.15, 0.2) is 24.4 Å². The van der Waals surface area contributed by atoms with Gasteiger partial charge in [0.2, 0.25) is 17.8 Å². The molecule has 2 aliphatic rings. The highest BCUT2D eigenvalue weighted by molar-refractivity contribution is 6.33. The molecule has 3 aromatic rings. The maximum absolute atomic E-state index is 14.5. The van der Waals surface area contributed by atoms with Crippen molar-refractivity contribution in [3.63, 3.8) is 0 Å². The summed E-state index contributed by atoms with van der Waals surface area (Å²) in [5.74, 6) is 0.162. The van der Waals surface area contributed by atoms with Crippen molar-refractivity contribution in [3.8, 4) is 0 Å². The zero-order valence-electron chi connectivity index (χ0n) is 17.5. The summed E-state index contributed by atoms with van der Waals surface area (Å²) < 4.78 is 16.5. The van der Waals surface area contributed by atoms with Gasteiger partial charge in [0.25, 0.3) is 0 Å². The summed E-state index contributed by atoms with van der Waals surface area (Å²) in [6.45, 7) is 0. The zero-order chi connectivity index (χ0) is 22.2. The summed E-state index contributed by atoms with van der Waals surface area (Å²) in [4.78, 5) is 25.5. The lowest BCUT2D eigenvalue weighted by Crippen LogP contribution is -2.29. The van der Waals surface area contributed by atoms with Crippen LogP contribution in [-0.4, -0.2) is 31.5 Å². The van der Waals surface area contributed by atoms with Crippen molar-refractivity contribution in [3.05, 3.63) is 35.2 Å². The molecule has 5 rings (SSSR count). The van der Waals surface area contributed by atoms with Crippen molar-refractivity contribution in [2.75, 3.05) is 10.6 Å². The van der Waals surface area contributed by atoms with Crippen LogP contribution in [0.5, 0.6) is 0 Å². The summed E-state index contributed by atoms with van der Waals surface area (Å²) in [7, 11) is 0. The lowest BCUT2D eigenvalue weighted by Gasteiger charge is -2.29. The second-order valence-electron chi connectivity index (χ2n) is 8.61. The zero-order valence-corrected chi connectivity index (χ0v) is 18.3. The first-order chi connectivity index (χ1) is 15.5. The van der Waals surface area contributed by atoms with Gasteiger partial charge in [-0.25, -0.2) is 14.4 Å². The number of hydrogen-bond acceptors (Lipinski definition) is 6. The number of primary amides is 1. The molecule has 2 heterocycles. The van der Waals surface area contributed by atoms with E-state index in [0.29, 0.717) is 41.9 Å². The van der Waals surface area contributed by atoms with Gasteiger partial charge in [-0.15, -0.1) is 0 Å². The van der Waals surface area contributed by atoms with Gasteiger partial charge in [-0.1, -0.05) is 17.7 Å². The minimum Gasteiger partial charge on any atom is -0.369 e. The number of aromatic nitrogens is 4. The van der Waals surface area contributed by atoms with Crippen LogP contribution in [0.2, 0.25) is 5.02 Å². The Labute approximate surface area is 189 Å². The molecule has 2 saturated carbocycles. The molecule has 0 unspecified atom stereocenters. The van der Waals surface area contributed by atoms with Gasteiger partial charge >= 0.3 is 0 Å². The number of rotatable bonds is 6. The average Bonchev–Trinajstić information content (AvgIpc) is 3.11. The molecule has 0 atom stereocenters. The van der Waals surface area contributed by atoms with E-state index in [0.717, 1.165) is 25.7 Å². The smallest absolute Gasteiger partial charge is 0.224 e. The number of benzene rings is 1. The number of fused-ring (bicyclic) bond motifs is 1. The van der Waals surface area contributed by atoms with Gasteiger partial charge < -0.3 is 16.4 Å².